The van der Waals surface area contributed by atoms with Gasteiger partial charge in [-0.3, -0.25) is 4.79 Å². The van der Waals surface area contributed by atoms with Gasteiger partial charge in [0.15, 0.2) is 0 Å². The molecule has 0 bridgehead atoms. The fourth-order valence-corrected chi connectivity index (χ4v) is 4.10. The third-order valence-electron chi connectivity index (χ3n) is 5.85. The molecule has 4 heteroatoms. The van der Waals surface area contributed by atoms with Crippen molar-refractivity contribution in [3.8, 4) is 5.75 Å². The number of hydrogen-bond donors (Lipinski definition) is 1. The van der Waals surface area contributed by atoms with Gasteiger partial charge < -0.3 is 15.0 Å². The zero-order valence-electron chi connectivity index (χ0n) is 18.4. The van der Waals surface area contributed by atoms with Gasteiger partial charge in [0.25, 0.3) is 5.91 Å². The van der Waals surface area contributed by atoms with Crippen LogP contribution in [0.2, 0.25) is 0 Å². The zero-order chi connectivity index (χ0) is 21.0. The summed E-state index contributed by atoms with van der Waals surface area (Å²) in [5.41, 5.74) is 5.09. The lowest BCUT2D eigenvalue weighted by molar-refractivity contribution is 0.0950. The average molecular weight is 395 g/mol. The molecule has 4 nitrogen and oxygen atoms in total. The van der Waals surface area contributed by atoms with Gasteiger partial charge in [0, 0.05) is 30.9 Å². The summed E-state index contributed by atoms with van der Waals surface area (Å²) in [7, 11) is 1.68. The molecule has 1 aliphatic rings. The van der Waals surface area contributed by atoms with Crippen molar-refractivity contribution >= 4 is 11.6 Å². The first-order valence-corrected chi connectivity index (χ1v) is 10.7. The Kier molecular flexibility index (Phi) is 6.83. The lowest BCUT2D eigenvalue weighted by Gasteiger charge is -2.32. The minimum Gasteiger partial charge on any atom is -0.496 e. The number of benzene rings is 2. The molecule has 1 atom stereocenters. The van der Waals surface area contributed by atoms with Crippen LogP contribution in [-0.4, -0.2) is 26.1 Å². The second-order valence-corrected chi connectivity index (χ2v) is 8.61. The van der Waals surface area contributed by atoms with E-state index in [0.29, 0.717) is 18.0 Å². The maximum Gasteiger partial charge on any atom is 0.251 e. The zero-order valence-corrected chi connectivity index (χ0v) is 18.4. The summed E-state index contributed by atoms with van der Waals surface area (Å²) in [4.78, 5) is 15.3. The summed E-state index contributed by atoms with van der Waals surface area (Å²) in [6, 6.07) is 12.5. The second-order valence-electron chi connectivity index (χ2n) is 8.61. The third kappa shape index (κ3) is 5.11. The molecule has 156 valence electrons. The molecule has 0 aromatic heterocycles. The van der Waals surface area contributed by atoms with Crippen LogP contribution < -0.4 is 15.0 Å². The normalized spacial score (nSPS) is 16.8. The van der Waals surface area contributed by atoms with Crippen LogP contribution in [0.4, 0.5) is 5.69 Å². The smallest absolute Gasteiger partial charge is 0.251 e. The van der Waals surface area contributed by atoms with Gasteiger partial charge in [0.2, 0.25) is 0 Å². The predicted octanol–water partition coefficient (Wildman–Crippen LogP) is 5.29. The number of nitrogens with zero attached hydrogens (tertiary/aromatic N) is 1. The number of rotatable bonds is 6. The van der Waals surface area contributed by atoms with Crippen molar-refractivity contribution in [1.29, 1.82) is 0 Å². The van der Waals surface area contributed by atoms with Gasteiger partial charge in [-0.15, -0.1) is 0 Å². The number of methoxy groups -OCH3 is 1. The van der Waals surface area contributed by atoms with Gasteiger partial charge in [-0.2, -0.15) is 0 Å². The van der Waals surface area contributed by atoms with Gasteiger partial charge in [-0.25, -0.2) is 0 Å². The monoisotopic (exact) mass is 394 g/mol. The van der Waals surface area contributed by atoms with Crippen molar-refractivity contribution in [2.45, 2.75) is 53.0 Å². The third-order valence-corrected chi connectivity index (χ3v) is 5.85. The van der Waals surface area contributed by atoms with Gasteiger partial charge in [-0.1, -0.05) is 32.9 Å². The van der Waals surface area contributed by atoms with Crippen LogP contribution in [0.15, 0.2) is 36.4 Å². The number of anilines is 1. The van der Waals surface area contributed by atoms with Crippen LogP contribution in [0, 0.1) is 12.8 Å². The Bertz CT molecular complexity index is 843. The largest absolute Gasteiger partial charge is 0.496 e. The van der Waals surface area contributed by atoms with E-state index in [1.54, 1.807) is 7.11 Å². The lowest BCUT2D eigenvalue weighted by atomic mass is 9.96. The second kappa shape index (κ2) is 9.34. The SMILES string of the molecule is COc1cc(C)c(C(=O)NCc2ccc(N3CCCC(C)C3)cc2)cc1C(C)C. The molecule has 0 saturated carbocycles. The minimum absolute atomic E-state index is 0.0408. The fraction of sp³-hybridized carbons (Fsp3) is 0.480. The Morgan fingerprint density at radius 3 is 2.59 bits per heavy atom. The number of aryl methyl sites for hydroxylation is 1. The van der Waals surface area contributed by atoms with Crippen molar-refractivity contribution in [1.82, 2.24) is 5.32 Å². The molecular weight excluding hydrogens is 360 g/mol. The van der Waals surface area contributed by atoms with Gasteiger partial charge in [0.05, 0.1) is 7.11 Å². The molecule has 1 N–H and O–H groups in total. The van der Waals surface area contributed by atoms with Crippen LogP contribution in [0.3, 0.4) is 0 Å². The first kappa shape index (κ1) is 21.2. The van der Waals surface area contributed by atoms with Crippen LogP contribution in [0.25, 0.3) is 0 Å². The summed E-state index contributed by atoms with van der Waals surface area (Å²) in [5.74, 6) is 1.85. The van der Waals surface area contributed by atoms with Gasteiger partial charge in [0.1, 0.15) is 5.75 Å². The molecule has 1 amide bonds. The van der Waals surface area contributed by atoms with Crippen LogP contribution in [0.5, 0.6) is 5.75 Å². The van der Waals surface area contributed by atoms with Gasteiger partial charge in [-0.05, 0) is 72.6 Å². The van der Waals surface area contributed by atoms with Crippen molar-refractivity contribution in [3.63, 3.8) is 0 Å². The van der Waals surface area contributed by atoms with Crippen LogP contribution in [0.1, 0.15) is 66.6 Å². The first-order chi connectivity index (χ1) is 13.9. The molecule has 0 aliphatic carbocycles. The van der Waals surface area contributed by atoms with E-state index in [0.717, 1.165) is 41.4 Å². The number of amides is 1. The topological polar surface area (TPSA) is 41.6 Å². The summed E-state index contributed by atoms with van der Waals surface area (Å²) in [6.07, 6.45) is 2.59. The average Bonchev–Trinajstić information content (AvgIpc) is 2.71. The Hall–Kier alpha value is -2.49. The molecule has 1 fully saturated rings. The summed E-state index contributed by atoms with van der Waals surface area (Å²) >= 11 is 0. The minimum atomic E-state index is -0.0408. The molecule has 1 aliphatic heterocycles. The van der Waals surface area contributed by atoms with E-state index in [1.807, 2.05) is 19.1 Å². The Balaban J connectivity index is 1.65. The number of nitrogens with one attached hydrogen (secondary N) is 1. The first-order valence-electron chi connectivity index (χ1n) is 10.7. The summed E-state index contributed by atoms with van der Waals surface area (Å²) in [6.45, 7) is 11.3. The van der Waals surface area contributed by atoms with Crippen molar-refractivity contribution < 1.29 is 9.53 Å². The molecule has 0 radical (unpaired) electrons. The van der Waals surface area contributed by atoms with Crippen LogP contribution in [-0.2, 0) is 6.54 Å². The maximum atomic E-state index is 12.8. The number of piperidine rings is 1. The quantitative estimate of drug-likeness (QED) is 0.723. The molecule has 1 unspecified atom stereocenters. The Morgan fingerprint density at radius 1 is 1.24 bits per heavy atom. The fourth-order valence-electron chi connectivity index (χ4n) is 4.10. The number of carbonyl (C=O) groups is 1. The van der Waals surface area contributed by atoms with E-state index in [-0.39, 0.29) is 5.91 Å². The van der Waals surface area contributed by atoms with E-state index in [9.17, 15) is 4.79 Å². The van der Waals surface area contributed by atoms with Crippen molar-refractivity contribution in [2.75, 3.05) is 25.1 Å². The highest BCUT2D eigenvalue weighted by molar-refractivity contribution is 5.96. The molecule has 0 spiro atoms. The van der Waals surface area contributed by atoms with Crippen LogP contribution >= 0.6 is 0 Å². The standard InChI is InChI=1S/C25H34N2O2/c1-17(2)22-14-23(19(4)13-24(22)29-5)25(28)26-15-20-8-10-21(11-9-20)27-12-6-7-18(3)16-27/h8-11,13-14,17-18H,6-7,12,15-16H2,1-5H3,(H,26,28). The Labute approximate surface area is 175 Å². The van der Waals surface area contributed by atoms with Gasteiger partial charge >= 0.3 is 0 Å². The highest BCUT2D eigenvalue weighted by atomic mass is 16.5. The molecule has 2 aromatic carbocycles. The molecule has 29 heavy (non-hydrogen) atoms. The lowest BCUT2D eigenvalue weighted by Crippen LogP contribution is -2.34. The highest BCUT2D eigenvalue weighted by Gasteiger charge is 2.17. The molecule has 1 saturated heterocycles. The van der Waals surface area contributed by atoms with E-state index in [1.165, 1.54) is 18.5 Å². The number of carbonyl (C=O) groups excluding carboxylic acids is 1. The summed E-state index contributed by atoms with van der Waals surface area (Å²) in [5, 5.41) is 3.07. The van der Waals surface area contributed by atoms with Crippen molar-refractivity contribution in [3.05, 3.63) is 58.7 Å². The predicted molar refractivity (Wildman–Crippen MR) is 120 cm³/mol. The number of hydrogen-bond acceptors (Lipinski definition) is 3. The molecule has 1 heterocycles. The van der Waals surface area contributed by atoms with E-state index < -0.39 is 0 Å². The molecule has 2 aromatic rings. The maximum absolute atomic E-state index is 12.8. The molecular formula is C25H34N2O2. The summed E-state index contributed by atoms with van der Waals surface area (Å²) < 4.78 is 5.48. The van der Waals surface area contributed by atoms with Crippen molar-refractivity contribution in [2.24, 2.45) is 5.92 Å². The highest BCUT2D eigenvalue weighted by Crippen LogP contribution is 2.29. The van der Waals surface area contributed by atoms with E-state index in [4.69, 9.17) is 4.74 Å². The number of ether oxygens (including phenoxy) is 1. The Morgan fingerprint density at radius 2 is 1.97 bits per heavy atom. The van der Waals surface area contributed by atoms with E-state index >= 15 is 0 Å². The molecule has 3 rings (SSSR count). The van der Waals surface area contributed by atoms with E-state index in [2.05, 4.69) is 55.3 Å².